The Balaban J connectivity index is 0.000000810. The number of aryl methyl sites for hydroxylation is 1. The van der Waals surface area contributed by atoms with Gasteiger partial charge in [-0.3, -0.25) is 0 Å². The molecule has 1 radical (unpaired) electrons. The van der Waals surface area contributed by atoms with Crippen molar-refractivity contribution in [1.29, 1.82) is 0 Å². The largest absolute Gasteiger partial charge is 2.00 e. The Hall–Kier alpha value is -0.976. The molecule has 1 aliphatic rings. The van der Waals surface area contributed by atoms with Crippen LogP contribution in [0.15, 0.2) is 36.4 Å². The van der Waals surface area contributed by atoms with Gasteiger partial charge in [-0.05, 0) is 23.5 Å². The normalized spacial score (nSPS) is 13.9. The van der Waals surface area contributed by atoms with Crippen molar-refractivity contribution in [1.82, 2.24) is 0 Å². The van der Waals surface area contributed by atoms with Gasteiger partial charge in [-0.2, -0.15) is 24.3 Å². The summed E-state index contributed by atoms with van der Waals surface area (Å²) in [5, 5.41) is 0. The second kappa shape index (κ2) is 4.95. The van der Waals surface area contributed by atoms with Crippen molar-refractivity contribution in [2.75, 3.05) is 0 Å². The first kappa shape index (κ1) is 15.1. The van der Waals surface area contributed by atoms with Crippen molar-refractivity contribution in [3.8, 4) is 11.1 Å². The zero-order chi connectivity index (χ0) is 11.3. The van der Waals surface area contributed by atoms with Crippen LogP contribution < -0.4 is 0 Å². The average molecular weight is 273 g/mol. The Morgan fingerprint density at radius 2 is 1.67 bits per heavy atom. The molecule has 0 saturated carbocycles. The number of hydrogen-bond donors (Lipinski definition) is 0. The minimum absolute atomic E-state index is 0. The first-order chi connectivity index (χ1) is 7.60. The van der Waals surface area contributed by atoms with Crippen LogP contribution in [0, 0.1) is 20.4 Å². The summed E-state index contributed by atoms with van der Waals surface area (Å²) in [6.07, 6.45) is 0. The summed E-state index contributed by atoms with van der Waals surface area (Å²) >= 11 is 0. The zero-order valence-electron chi connectivity index (χ0n) is 11.4. The molecule has 2 aromatic rings. The Bertz CT molecular complexity index is 568. The monoisotopic (exact) mass is 273 g/mol. The molecule has 18 heavy (non-hydrogen) atoms. The van der Waals surface area contributed by atoms with Crippen LogP contribution in [0.2, 0.25) is 0 Å². The third-order valence-electron chi connectivity index (χ3n) is 3.68. The van der Waals surface area contributed by atoms with Gasteiger partial charge in [0.1, 0.15) is 0 Å². The van der Waals surface area contributed by atoms with Gasteiger partial charge in [-0.25, -0.2) is 0 Å². The smallest absolute Gasteiger partial charge is 0.358 e. The van der Waals surface area contributed by atoms with E-state index in [1.54, 1.807) is 0 Å². The SMILES string of the molecule is Cc1ccc2c(c1)C(C)(C)c1c[c-]ccc1-2.[CH3-].[V+2]. The molecule has 2 aromatic carbocycles. The van der Waals surface area contributed by atoms with Crippen molar-refractivity contribution in [3.63, 3.8) is 0 Å². The summed E-state index contributed by atoms with van der Waals surface area (Å²) in [6, 6.07) is 16.3. The first-order valence-corrected chi connectivity index (χ1v) is 5.73. The second-order valence-corrected chi connectivity index (χ2v) is 5.15. The van der Waals surface area contributed by atoms with Gasteiger partial charge in [-0.1, -0.05) is 37.6 Å². The Morgan fingerprint density at radius 1 is 1.00 bits per heavy atom. The van der Waals surface area contributed by atoms with Crippen LogP contribution in [-0.4, -0.2) is 0 Å². The molecule has 0 amide bonds. The van der Waals surface area contributed by atoms with E-state index in [0.717, 1.165) is 0 Å². The summed E-state index contributed by atoms with van der Waals surface area (Å²) < 4.78 is 0. The Morgan fingerprint density at radius 3 is 2.39 bits per heavy atom. The molecule has 0 unspecified atom stereocenters. The fraction of sp³-hybridized carbons (Fsp3) is 0.235. The van der Waals surface area contributed by atoms with Crippen molar-refractivity contribution in [2.45, 2.75) is 26.2 Å². The average Bonchev–Trinajstić information content (AvgIpc) is 2.49. The number of benzene rings is 2. The number of rotatable bonds is 0. The van der Waals surface area contributed by atoms with Crippen molar-refractivity contribution in [2.24, 2.45) is 0 Å². The molecule has 1 heteroatoms. The fourth-order valence-electron chi connectivity index (χ4n) is 2.74. The van der Waals surface area contributed by atoms with E-state index in [1.807, 2.05) is 6.07 Å². The summed E-state index contributed by atoms with van der Waals surface area (Å²) in [6.45, 7) is 6.75. The molecular weight excluding hydrogens is 255 g/mol. The maximum atomic E-state index is 3.20. The second-order valence-electron chi connectivity index (χ2n) is 5.15. The van der Waals surface area contributed by atoms with E-state index in [2.05, 4.69) is 57.2 Å². The molecule has 0 N–H and O–H groups in total. The van der Waals surface area contributed by atoms with Gasteiger partial charge in [0, 0.05) is 0 Å². The van der Waals surface area contributed by atoms with E-state index in [4.69, 9.17) is 0 Å². The van der Waals surface area contributed by atoms with Crippen LogP contribution >= 0.6 is 0 Å². The van der Waals surface area contributed by atoms with Gasteiger partial charge < -0.3 is 7.43 Å². The molecule has 0 aromatic heterocycles. The van der Waals surface area contributed by atoms with E-state index in [0.29, 0.717) is 0 Å². The van der Waals surface area contributed by atoms with E-state index >= 15 is 0 Å². The van der Waals surface area contributed by atoms with Crippen molar-refractivity contribution < 1.29 is 18.6 Å². The molecule has 0 nitrogen and oxygen atoms in total. The van der Waals surface area contributed by atoms with Gasteiger partial charge in [0.25, 0.3) is 0 Å². The molecule has 0 spiro atoms. The third-order valence-corrected chi connectivity index (χ3v) is 3.68. The molecular formula is C17H18V. The van der Waals surface area contributed by atoms with Crippen molar-refractivity contribution in [3.05, 3.63) is 66.6 Å². The van der Waals surface area contributed by atoms with Crippen LogP contribution in [0.1, 0.15) is 30.5 Å². The van der Waals surface area contributed by atoms with Gasteiger partial charge in [0.15, 0.2) is 0 Å². The van der Waals surface area contributed by atoms with Gasteiger partial charge in [0.05, 0.1) is 0 Å². The Labute approximate surface area is 122 Å². The van der Waals surface area contributed by atoms with Crippen LogP contribution in [0.3, 0.4) is 0 Å². The molecule has 0 aliphatic heterocycles. The fourth-order valence-corrected chi connectivity index (χ4v) is 2.74. The molecule has 0 fully saturated rings. The number of hydrogen-bond acceptors (Lipinski definition) is 0. The third kappa shape index (κ3) is 1.94. The van der Waals surface area contributed by atoms with Gasteiger partial charge in [-0.15, -0.1) is 11.1 Å². The predicted molar refractivity (Wildman–Crippen MR) is 74.0 cm³/mol. The van der Waals surface area contributed by atoms with Crippen molar-refractivity contribution >= 4 is 0 Å². The molecule has 91 valence electrons. The van der Waals surface area contributed by atoms with E-state index in [9.17, 15) is 0 Å². The molecule has 0 heterocycles. The molecule has 1 aliphatic carbocycles. The van der Waals surface area contributed by atoms with Crippen LogP contribution in [0.5, 0.6) is 0 Å². The van der Waals surface area contributed by atoms with Crippen LogP contribution in [0.25, 0.3) is 11.1 Å². The summed E-state index contributed by atoms with van der Waals surface area (Å²) in [4.78, 5) is 0. The quantitative estimate of drug-likeness (QED) is 0.618. The maximum absolute atomic E-state index is 3.20. The van der Waals surface area contributed by atoms with Gasteiger partial charge >= 0.3 is 18.6 Å². The van der Waals surface area contributed by atoms with E-state index < -0.39 is 0 Å². The standard InChI is InChI=1S/C16H15.CH3.V/c1-11-8-9-13-12-6-4-5-7-14(12)16(2,3)15(13)10-11;;/h4,6-10H,1-3H3;1H3;/q2*-1;+2. The predicted octanol–water partition coefficient (Wildman–Crippen LogP) is 4.55. The molecule has 0 saturated heterocycles. The van der Waals surface area contributed by atoms with Crippen LogP contribution in [0.4, 0.5) is 0 Å². The first-order valence-electron chi connectivity index (χ1n) is 5.73. The summed E-state index contributed by atoms with van der Waals surface area (Å²) in [5.74, 6) is 0. The molecule has 0 bridgehead atoms. The molecule has 3 rings (SSSR count). The minimum Gasteiger partial charge on any atom is -0.358 e. The maximum Gasteiger partial charge on any atom is 2.00 e. The number of fused-ring (bicyclic) bond motifs is 3. The minimum atomic E-state index is 0. The topological polar surface area (TPSA) is 0 Å². The van der Waals surface area contributed by atoms with Gasteiger partial charge in [0.2, 0.25) is 0 Å². The summed E-state index contributed by atoms with van der Waals surface area (Å²) in [5.41, 5.74) is 7.06. The van der Waals surface area contributed by atoms with Crippen LogP contribution in [-0.2, 0) is 24.0 Å². The van der Waals surface area contributed by atoms with E-state index in [-0.39, 0.29) is 31.4 Å². The zero-order valence-corrected chi connectivity index (χ0v) is 12.8. The van der Waals surface area contributed by atoms with E-state index in [1.165, 1.54) is 27.8 Å². The Kier molecular flexibility index (Phi) is 4.15. The molecule has 0 atom stereocenters. The summed E-state index contributed by atoms with van der Waals surface area (Å²) in [7, 11) is 0.